The van der Waals surface area contributed by atoms with Crippen molar-refractivity contribution in [1.82, 2.24) is 0 Å². The predicted molar refractivity (Wildman–Crippen MR) is 236 cm³/mol. The molecule has 270 valence electrons. The van der Waals surface area contributed by atoms with Crippen LogP contribution in [0.1, 0.15) is 77.6 Å². The molecule has 1 aliphatic carbocycles. The Morgan fingerprint density at radius 2 is 1.05 bits per heavy atom. The maximum atomic E-state index is 6.94. The summed E-state index contributed by atoms with van der Waals surface area (Å²) in [5, 5.41) is 9.92. The van der Waals surface area contributed by atoms with Crippen LogP contribution in [-0.4, -0.2) is 0 Å². The molecule has 0 amide bonds. The SMILES string of the molecule is CC(C)(C)c1cc(C(C)(C)C)c2oc3cccc(N(c4ccc5c(c4)-c4ccccc4C5(C)C)c4ccc5c6ccccc6c6ccccc6c5c4)c3c2c1. The lowest BCUT2D eigenvalue weighted by Gasteiger charge is -2.28. The maximum Gasteiger partial charge on any atom is 0.139 e. The van der Waals surface area contributed by atoms with E-state index >= 15 is 0 Å². The Morgan fingerprint density at radius 1 is 0.473 bits per heavy atom. The fourth-order valence-corrected chi connectivity index (χ4v) is 9.40. The topological polar surface area (TPSA) is 16.4 Å². The van der Waals surface area contributed by atoms with E-state index in [1.807, 2.05) is 0 Å². The van der Waals surface area contributed by atoms with Crippen molar-refractivity contribution in [3.05, 3.63) is 162 Å². The summed E-state index contributed by atoms with van der Waals surface area (Å²) in [7, 11) is 0. The zero-order chi connectivity index (χ0) is 38.0. The van der Waals surface area contributed by atoms with Gasteiger partial charge in [-0.25, -0.2) is 0 Å². The largest absolute Gasteiger partial charge is 0.456 e. The molecule has 10 rings (SSSR count). The van der Waals surface area contributed by atoms with Gasteiger partial charge in [-0.15, -0.1) is 0 Å². The molecule has 8 aromatic carbocycles. The molecule has 0 saturated carbocycles. The summed E-state index contributed by atoms with van der Waals surface area (Å²) < 4.78 is 6.94. The first-order valence-corrected chi connectivity index (χ1v) is 19.7. The minimum Gasteiger partial charge on any atom is -0.456 e. The standard InChI is InChI=1S/C53H47NO/c1-51(2,3)32-28-43-49-47(22-15-23-48(49)55-50(43)46(29-32)52(4,5)6)54(34-25-27-45-42(31-34)40-20-13-14-21-44(40)53(45,7)8)33-24-26-39-37-18-10-9-16-35(37)36-17-11-12-19-38(36)41(39)30-33/h9-31H,1-8H3. The molecule has 0 saturated heterocycles. The number of hydrogen-bond acceptors (Lipinski definition) is 2. The van der Waals surface area contributed by atoms with Gasteiger partial charge < -0.3 is 9.32 Å². The second-order valence-corrected chi connectivity index (χ2v) is 18.2. The van der Waals surface area contributed by atoms with Gasteiger partial charge >= 0.3 is 0 Å². The van der Waals surface area contributed by atoms with Gasteiger partial charge in [0.25, 0.3) is 0 Å². The molecule has 0 radical (unpaired) electrons. The van der Waals surface area contributed by atoms with Crippen molar-refractivity contribution in [2.75, 3.05) is 4.90 Å². The van der Waals surface area contributed by atoms with E-state index in [0.29, 0.717) is 0 Å². The Labute approximate surface area is 324 Å². The Balaban J connectivity index is 1.32. The molecule has 0 unspecified atom stereocenters. The van der Waals surface area contributed by atoms with Crippen LogP contribution in [0.15, 0.2) is 144 Å². The molecule has 0 N–H and O–H groups in total. The highest BCUT2D eigenvalue weighted by Crippen LogP contribution is 2.52. The maximum absolute atomic E-state index is 6.94. The first-order valence-electron chi connectivity index (χ1n) is 19.7. The smallest absolute Gasteiger partial charge is 0.139 e. The van der Waals surface area contributed by atoms with Crippen molar-refractivity contribution in [2.45, 2.75) is 71.6 Å². The highest BCUT2D eigenvalue weighted by Gasteiger charge is 2.36. The van der Waals surface area contributed by atoms with Gasteiger partial charge in [0.1, 0.15) is 11.2 Å². The third-order valence-corrected chi connectivity index (χ3v) is 12.3. The minimum atomic E-state index is -0.102. The lowest BCUT2D eigenvalue weighted by atomic mass is 9.79. The Morgan fingerprint density at radius 3 is 1.73 bits per heavy atom. The second kappa shape index (κ2) is 11.6. The van der Waals surface area contributed by atoms with E-state index in [0.717, 1.165) is 39.0 Å². The van der Waals surface area contributed by atoms with Crippen molar-refractivity contribution in [3.8, 4) is 11.1 Å². The quantitative estimate of drug-likeness (QED) is 0.170. The third-order valence-electron chi connectivity index (χ3n) is 12.3. The summed E-state index contributed by atoms with van der Waals surface area (Å²) in [4.78, 5) is 2.48. The Hall–Kier alpha value is -5.86. The van der Waals surface area contributed by atoms with Crippen LogP contribution in [0.4, 0.5) is 17.1 Å². The summed E-state index contributed by atoms with van der Waals surface area (Å²) in [6.07, 6.45) is 0. The van der Waals surface area contributed by atoms with Crippen LogP contribution in [-0.2, 0) is 16.2 Å². The molecule has 0 spiro atoms. The molecule has 1 heterocycles. The first kappa shape index (κ1) is 33.7. The summed E-state index contributed by atoms with van der Waals surface area (Å²) in [5.41, 5.74) is 12.9. The van der Waals surface area contributed by atoms with E-state index in [-0.39, 0.29) is 16.2 Å². The number of rotatable bonds is 3. The number of benzene rings is 8. The molecule has 2 nitrogen and oxygen atoms in total. The molecule has 55 heavy (non-hydrogen) atoms. The number of anilines is 3. The number of nitrogens with zero attached hydrogens (tertiary/aromatic N) is 1. The van der Waals surface area contributed by atoms with Crippen LogP contribution in [0.25, 0.3) is 65.4 Å². The van der Waals surface area contributed by atoms with E-state index in [1.165, 1.54) is 65.7 Å². The van der Waals surface area contributed by atoms with Crippen LogP contribution < -0.4 is 4.90 Å². The zero-order valence-corrected chi connectivity index (χ0v) is 33.1. The average Bonchev–Trinajstić information content (AvgIpc) is 3.66. The summed E-state index contributed by atoms with van der Waals surface area (Å²) in [6.45, 7) is 18.5. The van der Waals surface area contributed by atoms with Crippen LogP contribution in [0.2, 0.25) is 0 Å². The van der Waals surface area contributed by atoms with Crippen molar-refractivity contribution in [2.24, 2.45) is 0 Å². The summed E-state index contributed by atoms with van der Waals surface area (Å²) in [6, 6.07) is 52.1. The van der Waals surface area contributed by atoms with Crippen LogP contribution in [0.3, 0.4) is 0 Å². The van der Waals surface area contributed by atoms with Gasteiger partial charge in [-0.05, 0) is 113 Å². The molecule has 1 aliphatic rings. The molecule has 9 aromatic rings. The molecule has 0 fully saturated rings. The van der Waals surface area contributed by atoms with Gasteiger partial charge in [-0.3, -0.25) is 0 Å². The first-order chi connectivity index (χ1) is 26.3. The van der Waals surface area contributed by atoms with Gasteiger partial charge in [0.15, 0.2) is 0 Å². The van der Waals surface area contributed by atoms with E-state index in [2.05, 4.69) is 200 Å². The van der Waals surface area contributed by atoms with Crippen molar-refractivity contribution in [3.63, 3.8) is 0 Å². The second-order valence-electron chi connectivity index (χ2n) is 18.2. The van der Waals surface area contributed by atoms with Gasteiger partial charge in [0, 0.05) is 27.7 Å². The van der Waals surface area contributed by atoms with Gasteiger partial charge in [-0.2, -0.15) is 0 Å². The lowest BCUT2D eigenvalue weighted by molar-refractivity contribution is 0.559. The zero-order valence-electron chi connectivity index (χ0n) is 33.1. The molecular formula is C53H47NO. The summed E-state index contributed by atoms with van der Waals surface area (Å²) >= 11 is 0. The van der Waals surface area contributed by atoms with E-state index in [9.17, 15) is 0 Å². The van der Waals surface area contributed by atoms with Crippen LogP contribution in [0.5, 0.6) is 0 Å². The molecule has 0 atom stereocenters. The monoisotopic (exact) mass is 713 g/mol. The highest BCUT2D eigenvalue weighted by atomic mass is 16.3. The fraction of sp³-hybridized carbons (Fsp3) is 0.208. The van der Waals surface area contributed by atoms with Crippen LogP contribution in [0, 0.1) is 0 Å². The van der Waals surface area contributed by atoms with Crippen molar-refractivity contribution in [1.29, 1.82) is 0 Å². The molecular weight excluding hydrogens is 667 g/mol. The minimum absolute atomic E-state index is 0.0330. The van der Waals surface area contributed by atoms with Crippen molar-refractivity contribution >= 4 is 71.3 Å². The van der Waals surface area contributed by atoms with Gasteiger partial charge in [-0.1, -0.05) is 152 Å². The molecule has 0 bridgehead atoms. The summed E-state index contributed by atoms with van der Waals surface area (Å²) in [5.74, 6) is 0. The molecule has 1 aromatic heterocycles. The molecule has 0 aliphatic heterocycles. The fourth-order valence-electron chi connectivity index (χ4n) is 9.40. The average molecular weight is 714 g/mol. The van der Waals surface area contributed by atoms with E-state index in [1.54, 1.807) is 0 Å². The predicted octanol–water partition coefficient (Wildman–Crippen LogP) is 15.4. The van der Waals surface area contributed by atoms with Gasteiger partial charge in [0.2, 0.25) is 0 Å². The number of hydrogen-bond donors (Lipinski definition) is 0. The van der Waals surface area contributed by atoms with Crippen LogP contribution >= 0.6 is 0 Å². The van der Waals surface area contributed by atoms with Crippen molar-refractivity contribution < 1.29 is 4.42 Å². The lowest BCUT2D eigenvalue weighted by Crippen LogP contribution is -2.16. The number of furan rings is 1. The number of fused-ring (bicyclic) bond motifs is 12. The highest BCUT2D eigenvalue weighted by molar-refractivity contribution is 6.26. The van der Waals surface area contributed by atoms with Gasteiger partial charge in [0.05, 0.1) is 11.1 Å². The third kappa shape index (κ3) is 5.00. The Kier molecular flexibility index (Phi) is 7.09. The van der Waals surface area contributed by atoms with E-state index in [4.69, 9.17) is 4.42 Å². The molecule has 2 heteroatoms. The Bertz CT molecular complexity index is 3000. The van der Waals surface area contributed by atoms with E-state index < -0.39 is 0 Å². The normalized spacial score (nSPS) is 14.0.